The second-order valence-electron chi connectivity index (χ2n) is 4.37. The zero-order chi connectivity index (χ0) is 10.7. The molecule has 1 unspecified atom stereocenters. The van der Waals surface area contributed by atoms with E-state index in [1.54, 1.807) is 0 Å². The minimum Gasteiger partial charge on any atom is -0.377 e. The van der Waals surface area contributed by atoms with Crippen LogP contribution in [0.4, 0.5) is 0 Å². The number of morpholine rings is 1. The SMILES string of the molecule is O=S(=O)(C1CCCCC1)C1COCCN1. The minimum atomic E-state index is -3.02. The number of ether oxygens (including phenoxy) is 1. The summed E-state index contributed by atoms with van der Waals surface area (Å²) in [6.07, 6.45) is 4.95. The molecule has 4 nitrogen and oxygen atoms in total. The minimum absolute atomic E-state index is 0.134. The van der Waals surface area contributed by atoms with E-state index in [0.29, 0.717) is 19.8 Å². The third kappa shape index (κ3) is 2.52. The molecule has 1 aliphatic carbocycles. The summed E-state index contributed by atoms with van der Waals surface area (Å²) < 4.78 is 29.6. The van der Waals surface area contributed by atoms with Crippen molar-refractivity contribution in [2.45, 2.75) is 42.7 Å². The average molecular weight is 233 g/mol. The van der Waals surface area contributed by atoms with Gasteiger partial charge in [0.25, 0.3) is 0 Å². The van der Waals surface area contributed by atoms with Crippen LogP contribution in [0.5, 0.6) is 0 Å². The fourth-order valence-electron chi connectivity index (χ4n) is 2.38. The molecule has 5 heteroatoms. The molecule has 2 fully saturated rings. The lowest BCUT2D eigenvalue weighted by atomic mass is 10.0. The molecule has 1 N–H and O–H groups in total. The molecule has 0 aromatic rings. The maximum Gasteiger partial charge on any atom is 0.171 e. The maximum atomic E-state index is 12.2. The van der Waals surface area contributed by atoms with Crippen molar-refractivity contribution in [1.29, 1.82) is 0 Å². The molecule has 2 rings (SSSR count). The van der Waals surface area contributed by atoms with E-state index < -0.39 is 15.2 Å². The van der Waals surface area contributed by atoms with Crippen LogP contribution >= 0.6 is 0 Å². The van der Waals surface area contributed by atoms with Gasteiger partial charge >= 0.3 is 0 Å². The number of nitrogens with one attached hydrogen (secondary N) is 1. The molecule has 0 spiro atoms. The lowest BCUT2D eigenvalue weighted by Gasteiger charge is -2.29. The van der Waals surface area contributed by atoms with E-state index in [1.807, 2.05) is 0 Å². The molecular formula is C10H19NO3S. The van der Waals surface area contributed by atoms with Crippen molar-refractivity contribution < 1.29 is 13.2 Å². The highest BCUT2D eigenvalue weighted by Gasteiger charge is 2.35. The average Bonchev–Trinajstić information content (AvgIpc) is 2.31. The molecule has 1 saturated heterocycles. The molecule has 0 aromatic heterocycles. The van der Waals surface area contributed by atoms with Gasteiger partial charge in [-0.3, -0.25) is 5.32 Å². The fourth-order valence-corrected chi connectivity index (χ4v) is 4.47. The predicted molar refractivity (Wildman–Crippen MR) is 58.4 cm³/mol. The fraction of sp³-hybridized carbons (Fsp3) is 1.00. The second-order valence-corrected chi connectivity index (χ2v) is 6.78. The van der Waals surface area contributed by atoms with Gasteiger partial charge in [-0.25, -0.2) is 8.42 Å². The molecule has 88 valence electrons. The van der Waals surface area contributed by atoms with Crippen molar-refractivity contribution in [3.05, 3.63) is 0 Å². The smallest absolute Gasteiger partial charge is 0.171 e. The van der Waals surface area contributed by atoms with Gasteiger partial charge in [-0.05, 0) is 12.8 Å². The zero-order valence-electron chi connectivity index (χ0n) is 8.94. The van der Waals surface area contributed by atoms with Crippen LogP contribution in [0.15, 0.2) is 0 Å². The lowest BCUT2D eigenvalue weighted by Crippen LogP contribution is -2.49. The van der Waals surface area contributed by atoms with Crippen LogP contribution < -0.4 is 5.32 Å². The third-order valence-electron chi connectivity index (χ3n) is 3.30. The van der Waals surface area contributed by atoms with Crippen molar-refractivity contribution in [3.63, 3.8) is 0 Å². The number of rotatable bonds is 2. The van der Waals surface area contributed by atoms with Gasteiger partial charge in [0.2, 0.25) is 0 Å². The van der Waals surface area contributed by atoms with Crippen LogP contribution in [0.1, 0.15) is 32.1 Å². The van der Waals surface area contributed by atoms with Crippen LogP contribution in [-0.4, -0.2) is 38.8 Å². The Labute approximate surface area is 91.3 Å². The number of hydrogen-bond acceptors (Lipinski definition) is 4. The molecule has 0 radical (unpaired) electrons. The first-order valence-corrected chi connectivity index (χ1v) is 7.36. The van der Waals surface area contributed by atoms with E-state index in [9.17, 15) is 8.42 Å². The Kier molecular flexibility index (Phi) is 3.64. The van der Waals surface area contributed by atoms with Gasteiger partial charge in [0, 0.05) is 6.54 Å². The molecule has 2 aliphatic rings. The third-order valence-corrected chi connectivity index (χ3v) is 5.80. The summed E-state index contributed by atoms with van der Waals surface area (Å²) >= 11 is 0. The monoisotopic (exact) mass is 233 g/mol. The first-order valence-electron chi connectivity index (χ1n) is 5.75. The van der Waals surface area contributed by atoms with Crippen LogP contribution in [0.3, 0.4) is 0 Å². The first-order chi connectivity index (χ1) is 7.21. The second kappa shape index (κ2) is 4.80. The van der Waals surface area contributed by atoms with Crippen molar-refractivity contribution in [1.82, 2.24) is 5.32 Å². The van der Waals surface area contributed by atoms with Gasteiger partial charge in [0.05, 0.1) is 18.5 Å². The van der Waals surface area contributed by atoms with Crippen LogP contribution in [0.25, 0.3) is 0 Å². The van der Waals surface area contributed by atoms with Crippen LogP contribution in [0.2, 0.25) is 0 Å². The predicted octanol–water partition coefficient (Wildman–Crippen LogP) is 0.680. The Morgan fingerprint density at radius 1 is 1.13 bits per heavy atom. The molecule has 0 bridgehead atoms. The van der Waals surface area contributed by atoms with E-state index in [1.165, 1.54) is 6.42 Å². The normalized spacial score (nSPS) is 30.3. The number of hydrogen-bond donors (Lipinski definition) is 1. The van der Waals surface area contributed by atoms with Crippen molar-refractivity contribution >= 4 is 9.84 Å². The van der Waals surface area contributed by atoms with E-state index in [-0.39, 0.29) is 5.25 Å². The quantitative estimate of drug-likeness (QED) is 0.762. The van der Waals surface area contributed by atoms with Crippen molar-refractivity contribution in [2.24, 2.45) is 0 Å². The van der Waals surface area contributed by atoms with Gasteiger partial charge in [-0.2, -0.15) is 0 Å². The molecular weight excluding hydrogens is 214 g/mol. The molecule has 0 amide bonds. The van der Waals surface area contributed by atoms with Crippen molar-refractivity contribution in [3.8, 4) is 0 Å². The van der Waals surface area contributed by atoms with Crippen LogP contribution in [0, 0.1) is 0 Å². The molecule has 15 heavy (non-hydrogen) atoms. The van der Waals surface area contributed by atoms with Crippen molar-refractivity contribution in [2.75, 3.05) is 19.8 Å². The van der Waals surface area contributed by atoms with E-state index >= 15 is 0 Å². The molecule has 1 atom stereocenters. The zero-order valence-corrected chi connectivity index (χ0v) is 9.76. The van der Waals surface area contributed by atoms with Gasteiger partial charge in [-0.15, -0.1) is 0 Å². The summed E-state index contributed by atoms with van der Waals surface area (Å²) in [5, 5.41) is 2.45. The topological polar surface area (TPSA) is 55.4 Å². The Balaban J connectivity index is 2.03. The largest absolute Gasteiger partial charge is 0.377 e. The summed E-state index contributed by atoms with van der Waals surface area (Å²) in [5.41, 5.74) is 0. The van der Waals surface area contributed by atoms with Gasteiger partial charge in [0.1, 0.15) is 5.37 Å². The summed E-state index contributed by atoms with van der Waals surface area (Å²) in [5.74, 6) is 0. The summed E-state index contributed by atoms with van der Waals surface area (Å²) in [6, 6.07) is 0. The van der Waals surface area contributed by atoms with E-state index in [0.717, 1.165) is 25.7 Å². The lowest BCUT2D eigenvalue weighted by molar-refractivity contribution is 0.0973. The molecule has 1 heterocycles. The molecule has 1 aliphatic heterocycles. The highest BCUT2D eigenvalue weighted by molar-refractivity contribution is 7.92. The molecule has 1 saturated carbocycles. The van der Waals surface area contributed by atoms with E-state index in [4.69, 9.17) is 4.74 Å². The first kappa shape index (κ1) is 11.4. The standard InChI is InChI=1S/C10H19NO3S/c12-15(13,9-4-2-1-3-5-9)10-8-14-7-6-11-10/h9-11H,1-8H2. The van der Waals surface area contributed by atoms with Crippen LogP contribution in [-0.2, 0) is 14.6 Å². The Bertz CT molecular complexity index is 266. The van der Waals surface area contributed by atoms with Gasteiger partial charge < -0.3 is 4.74 Å². The maximum absolute atomic E-state index is 12.2. The van der Waals surface area contributed by atoms with Gasteiger partial charge in [-0.1, -0.05) is 19.3 Å². The Morgan fingerprint density at radius 3 is 2.47 bits per heavy atom. The number of sulfone groups is 1. The summed E-state index contributed by atoms with van der Waals surface area (Å²) in [4.78, 5) is 0. The Hall–Kier alpha value is -0.130. The summed E-state index contributed by atoms with van der Waals surface area (Å²) in [6.45, 7) is 1.59. The Morgan fingerprint density at radius 2 is 1.87 bits per heavy atom. The van der Waals surface area contributed by atoms with E-state index in [2.05, 4.69) is 5.32 Å². The molecule has 0 aromatic carbocycles. The highest BCUT2D eigenvalue weighted by atomic mass is 32.2. The summed E-state index contributed by atoms with van der Waals surface area (Å²) in [7, 11) is -3.02. The van der Waals surface area contributed by atoms with Gasteiger partial charge in [0.15, 0.2) is 9.84 Å². The highest BCUT2D eigenvalue weighted by Crippen LogP contribution is 2.26.